The van der Waals surface area contributed by atoms with E-state index >= 15 is 0 Å². The Balaban J connectivity index is 0.000000982. The van der Waals surface area contributed by atoms with Gasteiger partial charge in [0.15, 0.2) is 0 Å². The molecule has 1 rings (SSSR count). The topological polar surface area (TPSA) is 3.24 Å². The Kier molecular flexibility index (Phi) is 8.51. The van der Waals surface area contributed by atoms with Gasteiger partial charge in [-0.15, -0.1) is 0 Å². The fourth-order valence-electron chi connectivity index (χ4n) is 2.93. The van der Waals surface area contributed by atoms with Crippen molar-refractivity contribution in [2.24, 2.45) is 0 Å². The van der Waals surface area contributed by atoms with Crippen LogP contribution in [0.5, 0.6) is 0 Å². The predicted molar refractivity (Wildman–Crippen MR) is 88.5 cm³/mol. The number of nitrogens with zero attached hydrogens (tertiary/aromatic N) is 1. The van der Waals surface area contributed by atoms with Gasteiger partial charge in [-0.3, -0.25) is 0 Å². The van der Waals surface area contributed by atoms with Crippen LogP contribution in [0, 0.1) is 0 Å². The van der Waals surface area contributed by atoms with E-state index in [-0.39, 0.29) is 7.92 Å². The van der Waals surface area contributed by atoms with Gasteiger partial charge in [-0.1, -0.05) is 61.6 Å². The molecule has 2 unspecified atom stereocenters. The normalized spacial score (nSPS) is 23.4. The molecule has 0 aromatic carbocycles. The Hall–Kier alpha value is 1.20. The molecule has 5 heteroatoms. The number of hydrogen-bond donors (Lipinski definition) is 0. The van der Waals surface area contributed by atoms with E-state index in [0.29, 0.717) is 29.0 Å². The molecule has 0 heterocycles. The Bertz CT molecular complexity index is 281. The summed E-state index contributed by atoms with van der Waals surface area (Å²) in [7, 11) is 13.8. The van der Waals surface area contributed by atoms with Crippen LogP contribution in [0.2, 0.25) is 0 Å². The first-order valence-electron chi connectivity index (χ1n) is 6.43. The van der Waals surface area contributed by atoms with Crippen LogP contribution in [0.3, 0.4) is 0 Å². The van der Waals surface area contributed by atoms with Gasteiger partial charge >= 0.3 is 33.0 Å². The minimum absolute atomic E-state index is 0.0175. The molecule has 0 radical (unpaired) electrons. The standard InChI is InChI=1S/C14H28NP.2ClH.Ni/c1-13(2,3)16(14(4,5)6)12-10-9-11(12)15(7)8;;;/h9-12H,1-8H3;2*1H;/q;;;+2/p-2. The van der Waals surface area contributed by atoms with E-state index in [1.807, 2.05) is 0 Å². The fourth-order valence-corrected chi connectivity index (χ4v) is 7.67. The second-order valence-corrected chi connectivity index (χ2v) is 12.7. The number of likely N-dealkylation sites (N-methyl/N-ethyl adjacent to an activating group) is 1. The van der Waals surface area contributed by atoms with Crippen LogP contribution in [-0.4, -0.2) is 41.0 Å². The van der Waals surface area contributed by atoms with Crippen molar-refractivity contribution in [3.8, 4) is 0 Å². The molecular formula is C14H28Cl2NNiP. The van der Waals surface area contributed by atoms with Gasteiger partial charge in [0.25, 0.3) is 0 Å². The summed E-state index contributed by atoms with van der Waals surface area (Å²) in [5, 5.41) is 0.856. The van der Waals surface area contributed by atoms with E-state index in [1.165, 1.54) is 0 Å². The monoisotopic (exact) mass is 369 g/mol. The molecule has 1 aliphatic rings. The zero-order valence-corrected chi connectivity index (χ0v) is 16.7. The van der Waals surface area contributed by atoms with E-state index < -0.39 is 0 Å². The van der Waals surface area contributed by atoms with Gasteiger partial charge in [0, 0.05) is 11.7 Å². The SMILES string of the molecule is CN(C)C1C=CC1P(C(C)(C)C)C(C)(C)C.[Cl][Ni][Cl]. The maximum atomic E-state index is 4.70. The van der Waals surface area contributed by atoms with Crippen molar-refractivity contribution < 1.29 is 12.7 Å². The van der Waals surface area contributed by atoms with Crippen molar-refractivity contribution >= 4 is 28.3 Å². The molecule has 1 aliphatic carbocycles. The van der Waals surface area contributed by atoms with Crippen molar-refractivity contribution in [2.75, 3.05) is 14.1 Å². The molecule has 1 nitrogen and oxygen atoms in total. The fraction of sp³-hybridized carbons (Fsp3) is 0.857. The molecule has 0 saturated heterocycles. The van der Waals surface area contributed by atoms with Crippen molar-refractivity contribution in [2.45, 2.75) is 63.6 Å². The summed E-state index contributed by atoms with van der Waals surface area (Å²) in [6.45, 7) is 14.4. The maximum absolute atomic E-state index is 4.70. The molecule has 0 aromatic heterocycles. The third kappa shape index (κ3) is 6.23. The first-order valence-corrected chi connectivity index (χ1v) is 10.6. The average molecular weight is 371 g/mol. The van der Waals surface area contributed by atoms with Crippen LogP contribution in [0.25, 0.3) is 0 Å². The third-order valence-corrected chi connectivity index (χ3v) is 7.16. The Morgan fingerprint density at radius 3 is 1.47 bits per heavy atom. The van der Waals surface area contributed by atoms with Crippen molar-refractivity contribution in [1.29, 1.82) is 0 Å². The zero-order chi connectivity index (χ0) is 15.4. The molecule has 0 N–H and O–H groups in total. The number of rotatable bonds is 2. The molecule has 0 aliphatic heterocycles. The van der Waals surface area contributed by atoms with Crippen LogP contribution in [0.15, 0.2) is 12.2 Å². The summed E-state index contributed by atoms with van der Waals surface area (Å²) in [6.07, 6.45) is 4.80. The van der Waals surface area contributed by atoms with Crippen molar-refractivity contribution in [3.05, 3.63) is 12.2 Å². The van der Waals surface area contributed by atoms with Crippen molar-refractivity contribution in [3.63, 3.8) is 0 Å². The van der Waals surface area contributed by atoms with Crippen LogP contribution >= 0.6 is 28.3 Å². The van der Waals surface area contributed by atoms with E-state index in [1.54, 1.807) is 0 Å². The molecule has 2 atom stereocenters. The summed E-state index contributed by atoms with van der Waals surface area (Å²) in [5.74, 6) is 0. The summed E-state index contributed by atoms with van der Waals surface area (Å²) < 4.78 is 0. The zero-order valence-electron chi connectivity index (χ0n) is 13.3. The van der Waals surface area contributed by atoms with Gasteiger partial charge in [-0.05, 0) is 24.4 Å². The molecule has 0 bridgehead atoms. The second kappa shape index (κ2) is 8.00. The molecule has 19 heavy (non-hydrogen) atoms. The summed E-state index contributed by atoms with van der Waals surface area (Å²) >= 11 is 0.569. The molecule has 0 saturated carbocycles. The molecular weight excluding hydrogens is 343 g/mol. The molecule has 118 valence electrons. The average Bonchev–Trinajstić information content (AvgIpc) is 2.08. The van der Waals surface area contributed by atoms with E-state index in [4.69, 9.17) is 20.4 Å². The molecule has 0 spiro atoms. The van der Waals surface area contributed by atoms with Crippen LogP contribution in [0.4, 0.5) is 0 Å². The number of hydrogen-bond acceptors (Lipinski definition) is 1. The predicted octanol–water partition coefficient (Wildman–Crippen LogP) is 5.31. The summed E-state index contributed by atoms with van der Waals surface area (Å²) in [4.78, 5) is 2.36. The van der Waals surface area contributed by atoms with E-state index in [0.717, 1.165) is 5.66 Å². The van der Waals surface area contributed by atoms with E-state index in [9.17, 15) is 0 Å². The van der Waals surface area contributed by atoms with Crippen LogP contribution in [0.1, 0.15) is 41.5 Å². The second-order valence-electron chi connectivity index (χ2n) is 7.09. The van der Waals surface area contributed by atoms with Gasteiger partial charge in [0.1, 0.15) is 0 Å². The van der Waals surface area contributed by atoms with Gasteiger partial charge in [0.2, 0.25) is 0 Å². The molecule has 0 aromatic rings. The Labute approximate surface area is 135 Å². The third-order valence-electron chi connectivity index (χ3n) is 3.20. The van der Waals surface area contributed by atoms with Crippen LogP contribution in [-0.2, 0) is 12.7 Å². The van der Waals surface area contributed by atoms with Gasteiger partial charge in [-0.25, -0.2) is 0 Å². The van der Waals surface area contributed by atoms with Gasteiger partial charge in [0.05, 0.1) is 0 Å². The van der Waals surface area contributed by atoms with Gasteiger partial charge < -0.3 is 4.90 Å². The number of halogens is 2. The summed E-state index contributed by atoms with van der Waals surface area (Å²) in [6, 6.07) is 0.657. The van der Waals surface area contributed by atoms with Gasteiger partial charge in [-0.2, -0.15) is 0 Å². The molecule has 0 fully saturated rings. The minimum atomic E-state index is -0.0175. The first kappa shape index (κ1) is 20.2. The Morgan fingerprint density at radius 1 is 0.947 bits per heavy atom. The Morgan fingerprint density at radius 2 is 1.32 bits per heavy atom. The molecule has 0 amide bonds. The summed E-state index contributed by atoms with van der Waals surface area (Å²) in [5.41, 5.74) is 0.769. The quantitative estimate of drug-likeness (QED) is 0.361. The van der Waals surface area contributed by atoms with Crippen LogP contribution < -0.4 is 0 Å². The van der Waals surface area contributed by atoms with E-state index in [2.05, 4.69) is 72.7 Å². The van der Waals surface area contributed by atoms with Crippen molar-refractivity contribution in [1.82, 2.24) is 4.90 Å². The first-order chi connectivity index (χ1) is 8.46.